The van der Waals surface area contributed by atoms with E-state index in [1.54, 1.807) is 12.1 Å². The van der Waals surface area contributed by atoms with E-state index in [4.69, 9.17) is 15.2 Å². The lowest BCUT2D eigenvalue weighted by atomic mass is 9.98. The molecule has 1 unspecified atom stereocenters. The number of nitrogens with two attached hydrogens (primary N) is 1. The van der Waals surface area contributed by atoms with Crippen molar-refractivity contribution in [2.75, 3.05) is 13.7 Å². The molecule has 2 aromatic rings. The van der Waals surface area contributed by atoms with Crippen LogP contribution in [0, 0.1) is 5.82 Å². The fourth-order valence-electron chi connectivity index (χ4n) is 2.15. The minimum atomic E-state index is -0.617. The summed E-state index contributed by atoms with van der Waals surface area (Å²) in [6.07, 6.45) is 0. The lowest BCUT2D eigenvalue weighted by Crippen LogP contribution is -2.15. The molecule has 0 fully saturated rings. The van der Waals surface area contributed by atoms with Gasteiger partial charge in [0, 0.05) is 0 Å². The number of hydrogen-bond donors (Lipinski definition) is 1. The number of ether oxygens (including phenoxy) is 2. The highest BCUT2D eigenvalue weighted by Crippen LogP contribution is 2.34. The molecule has 0 bridgehead atoms. The first-order chi connectivity index (χ1) is 10.1. The van der Waals surface area contributed by atoms with Gasteiger partial charge < -0.3 is 15.2 Å². The number of hydrogen-bond acceptors (Lipinski definition) is 3. The molecule has 0 saturated carbocycles. The molecule has 2 rings (SSSR count). The number of rotatable bonds is 5. The van der Waals surface area contributed by atoms with Crippen molar-refractivity contribution in [2.24, 2.45) is 5.73 Å². The summed E-state index contributed by atoms with van der Waals surface area (Å²) < 4.78 is 25.5. The second-order valence-corrected chi connectivity index (χ2v) is 5.31. The Kier molecular flexibility index (Phi) is 5.20. The molecular weight excluding hydrogens is 337 g/mol. The van der Waals surface area contributed by atoms with E-state index in [1.165, 1.54) is 13.2 Å². The summed E-state index contributed by atoms with van der Waals surface area (Å²) in [5.41, 5.74) is 7.32. The van der Waals surface area contributed by atoms with Gasteiger partial charge in [-0.25, -0.2) is 4.39 Å². The third-order valence-corrected chi connectivity index (χ3v) is 3.78. The molecule has 2 N–H and O–H groups in total. The van der Waals surface area contributed by atoms with Gasteiger partial charge >= 0.3 is 0 Å². The van der Waals surface area contributed by atoms with Crippen molar-refractivity contribution in [1.29, 1.82) is 0 Å². The van der Waals surface area contributed by atoms with Crippen LogP contribution in [0.2, 0.25) is 0 Å². The zero-order valence-corrected chi connectivity index (χ0v) is 13.5. The Labute approximate surface area is 132 Å². The largest absolute Gasteiger partial charge is 0.496 e. The van der Waals surface area contributed by atoms with Crippen molar-refractivity contribution in [1.82, 2.24) is 0 Å². The molecule has 0 amide bonds. The van der Waals surface area contributed by atoms with Crippen LogP contribution in [0.1, 0.15) is 24.1 Å². The summed E-state index contributed by atoms with van der Waals surface area (Å²) >= 11 is 3.44. The van der Waals surface area contributed by atoms with E-state index in [1.807, 2.05) is 25.1 Å². The Balaban J connectivity index is 2.41. The molecule has 0 radical (unpaired) electrons. The van der Waals surface area contributed by atoms with Gasteiger partial charge in [-0.3, -0.25) is 0 Å². The molecule has 0 aromatic heterocycles. The molecule has 0 spiro atoms. The average molecular weight is 354 g/mol. The van der Waals surface area contributed by atoms with Crippen LogP contribution in [-0.4, -0.2) is 13.7 Å². The standard InChI is InChI=1S/C16H17BrFNO2/c1-3-21-13-8-7-10(9-11(13)17)16(19)15-12(18)5-4-6-14(15)20-2/h4-9,16H,3,19H2,1-2H3. The fraction of sp³-hybridized carbons (Fsp3) is 0.250. The van der Waals surface area contributed by atoms with Crippen LogP contribution in [0.25, 0.3) is 0 Å². The highest BCUT2D eigenvalue weighted by atomic mass is 79.9. The van der Waals surface area contributed by atoms with Crippen molar-refractivity contribution in [3.8, 4) is 11.5 Å². The maximum absolute atomic E-state index is 14.1. The minimum absolute atomic E-state index is 0.344. The summed E-state index contributed by atoms with van der Waals surface area (Å²) in [7, 11) is 1.50. The van der Waals surface area contributed by atoms with Crippen LogP contribution in [0.15, 0.2) is 40.9 Å². The van der Waals surface area contributed by atoms with Gasteiger partial charge in [-0.05, 0) is 52.7 Å². The minimum Gasteiger partial charge on any atom is -0.496 e. The summed E-state index contributed by atoms with van der Waals surface area (Å²) in [4.78, 5) is 0. The molecule has 21 heavy (non-hydrogen) atoms. The highest BCUT2D eigenvalue weighted by Gasteiger charge is 2.19. The summed E-state index contributed by atoms with van der Waals surface area (Å²) in [6, 6.07) is 9.53. The topological polar surface area (TPSA) is 44.5 Å². The van der Waals surface area contributed by atoms with Gasteiger partial charge in [0.1, 0.15) is 17.3 Å². The maximum Gasteiger partial charge on any atom is 0.133 e. The first kappa shape index (κ1) is 15.8. The van der Waals surface area contributed by atoms with Crippen molar-refractivity contribution in [3.05, 3.63) is 57.8 Å². The number of benzene rings is 2. The molecule has 0 heterocycles. The molecular formula is C16H17BrFNO2. The van der Waals surface area contributed by atoms with E-state index in [0.717, 1.165) is 15.8 Å². The van der Waals surface area contributed by atoms with Gasteiger partial charge in [-0.15, -0.1) is 0 Å². The predicted octanol–water partition coefficient (Wildman–Crippen LogP) is 4.04. The summed E-state index contributed by atoms with van der Waals surface area (Å²) in [6.45, 7) is 2.49. The number of halogens is 2. The van der Waals surface area contributed by atoms with Crippen molar-refractivity contribution >= 4 is 15.9 Å². The zero-order chi connectivity index (χ0) is 15.4. The van der Waals surface area contributed by atoms with Gasteiger partial charge in [0.25, 0.3) is 0 Å². The third-order valence-electron chi connectivity index (χ3n) is 3.16. The Hall–Kier alpha value is -1.59. The molecule has 0 aliphatic rings. The Morgan fingerprint density at radius 3 is 2.62 bits per heavy atom. The Morgan fingerprint density at radius 1 is 1.24 bits per heavy atom. The van der Waals surface area contributed by atoms with E-state index in [9.17, 15) is 4.39 Å². The lowest BCUT2D eigenvalue weighted by Gasteiger charge is -2.18. The van der Waals surface area contributed by atoms with Crippen LogP contribution >= 0.6 is 15.9 Å². The normalized spacial score (nSPS) is 12.0. The van der Waals surface area contributed by atoms with Crippen LogP contribution in [-0.2, 0) is 0 Å². The molecule has 5 heteroatoms. The Bertz CT molecular complexity index is 634. The monoisotopic (exact) mass is 353 g/mol. The van der Waals surface area contributed by atoms with E-state index in [-0.39, 0.29) is 5.82 Å². The quantitative estimate of drug-likeness (QED) is 0.881. The smallest absolute Gasteiger partial charge is 0.133 e. The van der Waals surface area contributed by atoms with E-state index < -0.39 is 6.04 Å². The van der Waals surface area contributed by atoms with E-state index in [2.05, 4.69) is 15.9 Å². The summed E-state index contributed by atoms with van der Waals surface area (Å²) in [5.74, 6) is 0.785. The zero-order valence-electron chi connectivity index (χ0n) is 11.9. The molecule has 2 aromatic carbocycles. The van der Waals surface area contributed by atoms with Crippen molar-refractivity contribution in [2.45, 2.75) is 13.0 Å². The molecule has 0 aliphatic carbocycles. The van der Waals surface area contributed by atoms with Gasteiger partial charge in [-0.2, -0.15) is 0 Å². The molecule has 3 nitrogen and oxygen atoms in total. The van der Waals surface area contributed by atoms with Gasteiger partial charge in [0.15, 0.2) is 0 Å². The van der Waals surface area contributed by atoms with Crippen LogP contribution in [0.4, 0.5) is 4.39 Å². The van der Waals surface area contributed by atoms with Crippen molar-refractivity contribution in [3.63, 3.8) is 0 Å². The fourth-order valence-corrected chi connectivity index (χ4v) is 2.66. The molecule has 0 aliphatic heterocycles. The van der Waals surface area contributed by atoms with E-state index in [0.29, 0.717) is 17.9 Å². The number of methoxy groups -OCH3 is 1. The van der Waals surface area contributed by atoms with Crippen LogP contribution in [0.5, 0.6) is 11.5 Å². The third kappa shape index (κ3) is 3.36. The van der Waals surface area contributed by atoms with Crippen molar-refractivity contribution < 1.29 is 13.9 Å². The molecule has 0 saturated heterocycles. The van der Waals surface area contributed by atoms with Gasteiger partial charge in [0.05, 0.1) is 29.8 Å². The maximum atomic E-state index is 14.1. The first-order valence-electron chi connectivity index (χ1n) is 6.58. The second-order valence-electron chi connectivity index (χ2n) is 4.46. The SMILES string of the molecule is CCOc1ccc(C(N)c2c(F)cccc2OC)cc1Br. The average Bonchev–Trinajstić information content (AvgIpc) is 2.48. The van der Waals surface area contributed by atoms with E-state index >= 15 is 0 Å². The molecule has 1 atom stereocenters. The van der Waals surface area contributed by atoms with Gasteiger partial charge in [-0.1, -0.05) is 12.1 Å². The van der Waals surface area contributed by atoms with Crippen LogP contribution in [0.3, 0.4) is 0 Å². The first-order valence-corrected chi connectivity index (χ1v) is 7.38. The molecule has 112 valence electrons. The predicted molar refractivity (Wildman–Crippen MR) is 84.3 cm³/mol. The van der Waals surface area contributed by atoms with Gasteiger partial charge in [0.2, 0.25) is 0 Å². The lowest BCUT2D eigenvalue weighted by molar-refractivity contribution is 0.338. The highest BCUT2D eigenvalue weighted by molar-refractivity contribution is 9.10. The second kappa shape index (κ2) is 6.91. The van der Waals surface area contributed by atoms with Crippen LogP contribution < -0.4 is 15.2 Å². The summed E-state index contributed by atoms with van der Waals surface area (Å²) in [5, 5.41) is 0. The Morgan fingerprint density at radius 2 is 2.00 bits per heavy atom.